The molecule has 2 aliphatic rings. The number of benzene rings is 1. The largest absolute Gasteiger partial charge is 0.307 e. The van der Waals surface area contributed by atoms with E-state index in [9.17, 15) is 4.39 Å². The predicted octanol–water partition coefficient (Wildman–Crippen LogP) is 3.76. The molecule has 2 nitrogen and oxygen atoms in total. The molecule has 0 amide bonds. The van der Waals surface area contributed by atoms with Crippen molar-refractivity contribution < 1.29 is 4.39 Å². The lowest BCUT2D eigenvalue weighted by molar-refractivity contribution is 0.162. The molecular formula is C16H22ClFN2. The quantitative estimate of drug-likeness (QED) is 0.914. The Kier molecular flexibility index (Phi) is 4.29. The van der Waals surface area contributed by atoms with Gasteiger partial charge in [-0.25, -0.2) is 4.39 Å². The first kappa shape index (κ1) is 14.3. The molecule has 1 aromatic rings. The molecule has 0 radical (unpaired) electrons. The van der Waals surface area contributed by atoms with Gasteiger partial charge >= 0.3 is 0 Å². The smallest absolute Gasteiger partial charge is 0.124 e. The van der Waals surface area contributed by atoms with E-state index in [-0.39, 0.29) is 11.9 Å². The Labute approximate surface area is 125 Å². The zero-order valence-corrected chi connectivity index (χ0v) is 12.7. The minimum Gasteiger partial charge on any atom is -0.307 e. The molecule has 0 aliphatic carbocycles. The Bertz CT molecular complexity index is 480. The van der Waals surface area contributed by atoms with Crippen LogP contribution in [0.4, 0.5) is 4.39 Å². The molecule has 0 aromatic heterocycles. The van der Waals surface area contributed by atoms with Crippen molar-refractivity contribution in [2.24, 2.45) is 0 Å². The second kappa shape index (κ2) is 6.00. The van der Waals surface area contributed by atoms with E-state index < -0.39 is 0 Å². The second-order valence-corrected chi connectivity index (χ2v) is 6.51. The van der Waals surface area contributed by atoms with Gasteiger partial charge in [0.1, 0.15) is 5.82 Å². The summed E-state index contributed by atoms with van der Waals surface area (Å²) in [6.45, 7) is 4.59. The SMILES string of the molecule is CC(NC1CCN2CCCC2C1)c1ccc(F)cc1Cl. The molecule has 1 N–H and O–H groups in total. The second-order valence-electron chi connectivity index (χ2n) is 6.11. The van der Waals surface area contributed by atoms with Gasteiger partial charge in [-0.3, -0.25) is 0 Å². The van der Waals surface area contributed by atoms with Crippen LogP contribution in [0.2, 0.25) is 5.02 Å². The summed E-state index contributed by atoms with van der Waals surface area (Å²) in [6, 6.07) is 6.15. The number of hydrogen-bond acceptors (Lipinski definition) is 2. The van der Waals surface area contributed by atoms with Crippen LogP contribution in [0.25, 0.3) is 0 Å². The zero-order chi connectivity index (χ0) is 14.1. The summed E-state index contributed by atoms with van der Waals surface area (Å²) in [5.74, 6) is -0.273. The van der Waals surface area contributed by atoms with E-state index in [0.717, 1.165) is 11.6 Å². The summed E-state index contributed by atoms with van der Waals surface area (Å²) in [4.78, 5) is 2.62. The van der Waals surface area contributed by atoms with E-state index in [2.05, 4.69) is 17.1 Å². The molecule has 0 bridgehead atoms. The molecule has 2 aliphatic heterocycles. The fraction of sp³-hybridized carbons (Fsp3) is 0.625. The first-order chi connectivity index (χ1) is 9.63. The average molecular weight is 297 g/mol. The number of piperidine rings is 1. The molecule has 3 unspecified atom stereocenters. The lowest BCUT2D eigenvalue weighted by atomic mass is 9.96. The van der Waals surface area contributed by atoms with E-state index in [1.165, 1.54) is 50.9 Å². The summed E-state index contributed by atoms with van der Waals surface area (Å²) in [6.07, 6.45) is 5.10. The molecule has 3 rings (SSSR count). The van der Waals surface area contributed by atoms with Gasteiger partial charge < -0.3 is 10.2 Å². The maximum Gasteiger partial charge on any atom is 0.124 e. The van der Waals surface area contributed by atoms with E-state index in [1.807, 2.05) is 0 Å². The van der Waals surface area contributed by atoms with Gasteiger partial charge in [-0.2, -0.15) is 0 Å². The zero-order valence-electron chi connectivity index (χ0n) is 11.9. The van der Waals surface area contributed by atoms with Crippen molar-refractivity contribution in [1.29, 1.82) is 0 Å². The monoisotopic (exact) mass is 296 g/mol. The lowest BCUT2D eigenvalue weighted by Gasteiger charge is -2.36. The third-order valence-corrected chi connectivity index (χ3v) is 5.06. The summed E-state index contributed by atoms with van der Waals surface area (Å²) < 4.78 is 13.1. The van der Waals surface area contributed by atoms with Crippen LogP contribution < -0.4 is 5.32 Å². The molecule has 0 saturated carbocycles. The number of rotatable bonds is 3. The molecule has 20 heavy (non-hydrogen) atoms. The highest BCUT2D eigenvalue weighted by Crippen LogP contribution is 2.29. The first-order valence-corrected chi connectivity index (χ1v) is 7.96. The highest BCUT2D eigenvalue weighted by atomic mass is 35.5. The number of fused-ring (bicyclic) bond motifs is 1. The van der Waals surface area contributed by atoms with Gasteiger partial charge in [-0.05, 0) is 63.4 Å². The van der Waals surface area contributed by atoms with Crippen molar-refractivity contribution in [2.75, 3.05) is 13.1 Å². The predicted molar refractivity (Wildman–Crippen MR) is 80.6 cm³/mol. The van der Waals surface area contributed by atoms with Crippen molar-refractivity contribution in [1.82, 2.24) is 10.2 Å². The van der Waals surface area contributed by atoms with Gasteiger partial charge in [0, 0.05) is 23.1 Å². The van der Waals surface area contributed by atoms with Gasteiger partial charge in [0.25, 0.3) is 0 Å². The normalized spacial score (nSPS) is 28.4. The van der Waals surface area contributed by atoms with Gasteiger partial charge in [-0.15, -0.1) is 0 Å². The van der Waals surface area contributed by atoms with Crippen molar-refractivity contribution >= 4 is 11.6 Å². The number of nitrogens with one attached hydrogen (secondary N) is 1. The van der Waals surface area contributed by atoms with Crippen molar-refractivity contribution in [3.05, 3.63) is 34.6 Å². The fourth-order valence-electron chi connectivity index (χ4n) is 3.67. The van der Waals surface area contributed by atoms with Gasteiger partial charge in [0.2, 0.25) is 0 Å². The number of hydrogen-bond donors (Lipinski definition) is 1. The molecule has 3 atom stereocenters. The van der Waals surface area contributed by atoms with Crippen LogP contribution in [-0.4, -0.2) is 30.1 Å². The van der Waals surface area contributed by atoms with Gasteiger partial charge in [0.15, 0.2) is 0 Å². The standard InChI is InChI=1S/C16H22ClFN2/c1-11(15-5-4-12(18)9-16(15)17)19-13-6-8-20-7-2-3-14(20)10-13/h4-5,9,11,13-14,19H,2-3,6-8,10H2,1H3. The van der Waals surface area contributed by atoms with Crippen LogP contribution >= 0.6 is 11.6 Å². The Hall–Kier alpha value is -0.640. The van der Waals surface area contributed by atoms with Gasteiger partial charge in [0.05, 0.1) is 0 Å². The maximum atomic E-state index is 13.1. The fourth-order valence-corrected chi connectivity index (χ4v) is 4.00. The number of nitrogens with zero attached hydrogens (tertiary/aromatic N) is 1. The van der Waals surface area contributed by atoms with Gasteiger partial charge in [-0.1, -0.05) is 17.7 Å². The molecule has 2 saturated heterocycles. The Balaban J connectivity index is 1.62. The van der Waals surface area contributed by atoms with Crippen LogP contribution in [0.15, 0.2) is 18.2 Å². The van der Waals surface area contributed by atoms with Crippen molar-refractivity contribution in [3.63, 3.8) is 0 Å². The molecule has 110 valence electrons. The molecule has 0 spiro atoms. The summed E-state index contributed by atoms with van der Waals surface area (Å²) in [7, 11) is 0. The minimum atomic E-state index is -0.273. The molecule has 1 aromatic carbocycles. The number of halogens is 2. The summed E-state index contributed by atoms with van der Waals surface area (Å²) in [5.41, 5.74) is 0.988. The maximum absolute atomic E-state index is 13.1. The minimum absolute atomic E-state index is 0.168. The van der Waals surface area contributed by atoms with Crippen LogP contribution in [0.5, 0.6) is 0 Å². The molecular weight excluding hydrogens is 275 g/mol. The highest BCUT2D eigenvalue weighted by Gasteiger charge is 2.32. The summed E-state index contributed by atoms with van der Waals surface area (Å²) >= 11 is 6.14. The lowest BCUT2D eigenvalue weighted by Crippen LogP contribution is -2.46. The molecule has 2 heterocycles. The van der Waals surface area contributed by atoms with E-state index >= 15 is 0 Å². The molecule has 2 fully saturated rings. The Morgan fingerprint density at radius 2 is 2.20 bits per heavy atom. The van der Waals surface area contributed by atoms with E-state index in [0.29, 0.717) is 11.1 Å². The summed E-state index contributed by atoms with van der Waals surface area (Å²) in [5, 5.41) is 4.19. The Morgan fingerprint density at radius 1 is 1.35 bits per heavy atom. The van der Waals surface area contributed by atoms with E-state index in [1.54, 1.807) is 6.07 Å². The van der Waals surface area contributed by atoms with Crippen LogP contribution in [-0.2, 0) is 0 Å². The van der Waals surface area contributed by atoms with Crippen molar-refractivity contribution in [2.45, 2.75) is 50.7 Å². The average Bonchev–Trinajstić information content (AvgIpc) is 2.85. The Morgan fingerprint density at radius 3 is 3.00 bits per heavy atom. The first-order valence-electron chi connectivity index (χ1n) is 7.58. The highest BCUT2D eigenvalue weighted by molar-refractivity contribution is 6.31. The van der Waals surface area contributed by atoms with Crippen LogP contribution in [0.3, 0.4) is 0 Å². The van der Waals surface area contributed by atoms with E-state index in [4.69, 9.17) is 11.6 Å². The molecule has 4 heteroatoms. The third-order valence-electron chi connectivity index (χ3n) is 4.74. The van der Waals surface area contributed by atoms with Crippen LogP contribution in [0, 0.1) is 5.82 Å². The van der Waals surface area contributed by atoms with Crippen molar-refractivity contribution in [3.8, 4) is 0 Å². The van der Waals surface area contributed by atoms with Crippen LogP contribution in [0.1, 0.15) is 44.2 Å². The third kappa shape index (κ3) is 3.00. The topological polar surface area (TPSA) is 15.3 Å².